The monoisotopic (exact) mass is 276 g/mol. The third kappa shape index (κ3) is 2.83. The Labute approximate surface area is 121 Å². The van der Waals surface area contributed by atoms with Crippen LogP contribution in [0.1, 0.15) is 32.3 Å². The highest BCUT2D eigenvalue weighted by Gasteiger charge is 2.46. The zero-order valence-corrected chi connectivity index (χ0v) is 12.7. The summed E-state index contributed by atoms with van der Waals surface area (Å²) in [5, 5.41) is 3.88. The van der Waals surface area contributed by atoms with Crippen molar-refractivity contribution in [2.75, 3.05) is 12.3 Å². The van der Waals surface area contributed by atoms with Gasteiger partial charge in [0.15, 0.2) is 0 Å². The molecule has 2 aliphatic heterocycles. The third-order valence-electron chi connectivity index (χ3n) is 4.46. The zero-order valence-electron chi connectivity index (χ0n) is 11.9. The number of nitrogens with one attached hydrogen (secondary N) is 1. The first-order valence-corrected chi connectivity index (χ1v) is 8.39. The molecule has 3 atom stereocenters. The molecule has 104 valence electrons. The highest BCUT2D eigenvalue weighted by molar-refractivity contribution is 8.01. The number of nitrogens with zero attached hydrogens (tertiary/aromatic N) is 1. The van der Waals surface area contributed by atoms with E-state index in [-0.39, 0.29) is 0 Å². The van der Waals surface area contributed by atoms with Crippen LogP contribution in [0.2, 0.25) is 0 Å². The second-order valence-corrected chi connectivity index (χ2v) is 7.40. The largest absolute Gasteiger partial charge is 0.298 e. The maximum absolute atomic E-state index is 3.88. The number of hydrogen-bond acceptors (Lipinski definition) is 3. The lowest BCUT2D eigenvalue weighted by Gasteiger charge is -2.25. The summed E-state index contributed by atoms with van der Waals surface area (Å²) < 4.78 is 0. The lowest BCUT2D eigenvalue weighted by Crippen LogP contribution is -2.43. The quantitative estimate of drug-likeness (QED) is 0.913. The van der Waals surface area contributed by atoms with Gasteiger partial charge >= 0.3 is 0 Å². The van der Waals surface area contributed by atoms with E-state index in [1.54, 1.807) is 0 Å². The van der Waals surface area contributed by atoms with E-state index >= 15 is 0 Å². The molecule has 2 heterocycles. The van der Waals surface area contributed by atoms with E-state index in [1.807, 2.05) is 0 Å². The molecule has 2 nitrogen and oxygen atoms in total. The van der Waals surface area contributed by atoms with Crippen LogP contribution in [0, 0.1) is 0 Å². The number of benzene rings is 1. The smallest absolute Gasteiger partial charge is 0.0791 e. The first kappa shape index (κ1) is 13.5. The van der Waals surface area contributed by atoms with Crippen LogP contribution in [0.5, 0.6) is 0 Å². The molecule has 3 unspecified atom stereocenters. The predicted octanol–water partition coefficient (Wildman–Crippen LogP) is 3.09. The van der Waals surface area contributed by atoms with Gasteiger partial charge in [0.25, 0.3) is 0 Å². The average Bonchev–Trinajstić information content (AvgIpc) is 2.95. The van der Waals surface area contributed by atoms with Gasteiger partial charge in [-0.1, -0.05) is 37.3 Å². The van der Waals surface area contributed by atoms with Gasteiger partial charge in [0.2, 0.25) is 0 Å². The normalized spacial score (nSPS) is 35.3. The lowest BCUT2D eigenvalue weighted by molar-refractivity contribution is 0.254. The van der Waals surface area contributed by atoms with Crippen molar-refractivity contribution in [3.63, 3.8) is 0 Å². The average molecular weight is 276 g/mol. The van der Waals surface area contributed by atoms with E-state index in [0.717, 1.165) is 6.54 Å². The molecule has 0 aromatic heterocycles. The Bertz CT molecular complexity index is 422. The van der Waals surface area contributed by atoms with Gasteiger partial charge in [-0.15, -0.1) is 11.8 Å². The molecule has 1 spiro atoms. The Morgan fingerprint density at radius 3 is 2.84 bits per heavy atom. The van der Waals surface area contributed by atoms with Gasteiger partial charge in [0.05, 0.1) is 4.87 Å². The van der Waals surface area contributed by atoms with Gasteiger partial charge in [-0.05, 0) is 25.3 Å². The molecular formula is C16H24N2S. The maximum Gasteiger partial charge on any atom is 0.0791 e. The number of rotatable bonds is 3. The molecule has 2 saturated heterocycles. The fraction of sp³-hybridized carbons (Fsp3) is 0.625. The second kappa shape index (κ2) is 5.47. The van der Waals surface area contributed by atoms with Gasteiger partial charge in [-0.25, -0.2) is 0 Å². The topological polar surface area (TPSA) is 15.3 Å². The molecule has 1 aromatic carbocycles. The van der Waals surface area contributed by atoms with Crippen molar-refractivity contribution >= 4 is 11.8 Å². The molecule has 3 rings (SSSR count). The SMILES string of the molecule is CCC1CSC2(CC(C)N(Cc3ccccc3)C2)N1. The molecule has 3 heteroatoms. The minimum atomic E-state index is 0.328. The van der Waals surface area contributed by atoms with Crippen LogP contribution >= 0.6 is 11.8 Å². The van der Waals surface area contributed by atoms with Crippen LogP contribution in [0.15, 0.2) is 30.3 Å². The summed E-state index contributed by atoms with van der Waals surface area (Å²) in [6.45, 7) is 6.93. The number of hydrogen-bond donors (Lipinski definition) is 1. The van der Waals surface area contributed by atoms with E-state index < -0.39 is 0 Å². The van der Waals surface area contributed by atoms with Gasteiger partial charge in [0.1, 0.15) is 0 Å². The van der Waals surface area contributed by atoms with Crippen LogP contribution in [0.3, 0.4) is 0 Å². The molecule has 19 heavy (non-hydrogen) atoms. The van der Waals surface area contributed by atoms with Gasteiger partial charge in [0, 0.05) is 30.9 Å². The van der Waals surface area contributed by atoms with E-state index in [9.17, 15) is 0 Å². The minimum absolute atomic E-state index is 0.328. The van der Waals surface area contributed by atoms with Crippen molar-refractivity contribution in [2.24, 2.45) is 0 Å². The molecule has 2 aliphatic rings. The summed E-state index contributed by atoms with van der Waals surface area (Å²) in [5.74, 6) is 1.28. The number of likely N-dealkylation sites (tertiary alicyclic amines) is 1. The van der Waals surface area contributed by atoms with Crippen molar-refractivity contribution in [3.8, 4) is 0 Å². The van der Waals surface area contributed by atoms with Crippen molar-refractivity contribution in [3.05, 3.63) is 35.9 Å². The summed E-state index contributed by atoms with van der Waals surface area (Å²) in [5.41, 5.74) is 1.43. The lowest BCUT2D eigenvalue weighted by atomic mass is 10.1. The molecule has 0 bridgehead atoms. The summed E-state index contributed by atoms with van der Waals surface area (Å²) in [6, 6.07) is 12.2. The van der Waals surface area contributed by atoms with Gasteiger partial charge in [-0.2, -0.15) is 0 Å². The molecule has 0 saturated carbocycles. The molecular weight excluding hydrogens is 252 g/mol. The molecule has 0 aliphatic carbocycles. The summed E-state index contributed by atoms with van der Waals surface area (Å²) in [6.07, 6.45) is 2.53. The summed E-state index contributed by atoms with van der Waals surface area (Å²) in [7, 11) is 0. The van der Waals surface area contributed by atoms with Gasteiger partial charge < -0.3 is 0 Å². The van der Waals surface area contributed by atoms with Crippen LogP contribution in [0.25, 0.3) is 0 Å². The van der Waals surface area contributed by atoms with Crippen molar-refractivity contribution in [2.45, 2.75) is 50.2 Å². The molecule has 0 amide bonds. The van der Waals surface area contributed by atoms with Crippen molar-refractivity contribution in [1.82, 2.24) is 10.2 Å². The fourth-order valence-corrected chi connectivity index (χ4v) is 5.03. The highest BCUT2D eigenvalue weighted by Crippen LogP contribution is 2.42. The number of thioether (sulfide) groups is 1. The van der Waals surface area contributed by atoms with Crippen molar-refractivity contribution < 1.29 is 0 Å². The zero-order chi connectivity index (χ0) is 13.3. The predicted molar refractivity (Wildman–Crippen MR) is 83.3 cm³/mol. The van der Waals surface area contributed by atoms with Crippen LogP contribution in [-0.2, 0) is 6.54 Å². The molecule has 2 fully saturated rings. The van der Waals surface area contributed by atoms with Crippen LogP contribution < -0.4 is 5.32 Å². The highest BCUT2D eigenvalue weighted by atomic mass is 32.2. The molecule has 1 N–H and O–H groups in total. The van der Waals surface area contributed by atoms with E-state index in [0.29, 0.717) is 17.0 Å². The Morgan fingerprint density at radius 1 is 1.37 bits per heavy atom. The van der Waals surface area contributed by atoms with Crippen LogP contribution in [-0.4, -0.2) is 34.2 Å². The Hall–Kier alpha value is -0.510. The molecule has 1 aromatic rings. The van der Waals surface area contributed by atoms with Crippen molar-refractivity contribution in [1.29, 1.82) is 0 Å². The summed E-state index contributed by atoms with van der Waals surface area (Å²) >= 11 is 2.15. The second-order valence-electron chi connectivity index (χ2n) is 6.00. The van der Waals surface area contributed by atoms with Crippen LogP contribution in [0.4, 0.5) is 0 Å². The first-order valence-electron chi connectivity index (χ1n) is 7.40. The Kier molecular flexibility index (Phi) is 3.88. The standard InChI is InChI=1S/C16H24N2S/c1-3-15-11-19-16(17-15)9-13(2)18(12-16)10-14-7-5-4-6-8-14/h4-8,13,15,17H,3,9-12H2,1-2H3. The minimum Gasteiger partial charge on any atom is -0.298 e. The third-order valence-corrected chi connectivity index (χ3v) is 5.99. The first-order chi connectivity index (χ1) is 9.21. The summed E-state index contributed by atoms with van der Waals surface area (Å²) in [4.78, 5) is 2.96. The van der Waals surface area contributed by atoms with E-state index in [4.69, 9.17) is 0 Å². The molecule has 0 radical (unpaired) electrons. The Morgan fingerprint density at radius 2 is 2.16 bits per heavy atom. The maximum atomic E-state index is 3.88. The van der Waals surface area contributed by atoms with Gasteiger partial charge in [-0.3, -0.25) is 10.2 Å². The van der Waals surface area contributed by atoms with E-state index in [2.05, 4.69) is 66.2 Å². The fourth-order valence-electron chi connectivity index (χ4n) is 3.33. The van der Waals surface area contributed by atoms with E-state index in [1.165, 1.54) is 30.7 Å². The Balaban J connectivity index is 1.66.